The van der Waals surface area contributed by atoms with E-state index in [0.29, 0.717) is 23.3 Å². The summed E-state index contributed by atoms with van der Waals surface area (Å²) >= 11 is 4.74. The molecule has 1 aliphatic rings. The predicted molar refractivity (Wildman–Crippen MR) is 39.9 cm³/mol. The lowest BCUT2D eigenvalue weighted by Crippen LogP contribution is -1.97. The summed E-state index contributed by atoms with van der Waals surface area (Å²) in [5.74, 6) is 0.968. The fraction of sp³-hybridized carbons (Fsp3) is 0.667. The van der Waals surface area contributed by atoms with Gasteiger partial charge in [0.15, 0.2) is 0 Å². The van der Waals surface area contributed by atoms with E-state index >= 15 is 0 Å². The van der Waals surface area contributed by atoms with Crippen molar-refractivity contribution in [1.29, 1.82) is 0 Å². The van der Waals surface area contributed by atoms with E-state index in [0.717, 1.165) is 13.0 Å². The zero-order valence-electron chi connectivity index (χ0n) is 5.87. The number of nitrogens with zero attached hydrogens (tertiary/aromatic N) is 1. The summed E-state index contributed by atoms with van der Waals surface area (Å²) in [5, 5.41) is 6.51. The first-order valence-corrected chi connectivity index (χ1v) is 3.90. The summed E-state index contributed by atoms with van der Waals surface area (Å²) in [7, 11) is 0. The fourth-order valence-corrected chi connectivity index (χ4v) is 1.28. The molecule has 1 aliphatic heterocycles. The van der Waals surface area contributed by atoms with Crippen molar-refractivity contribution in [2.45, 2.75) is 12.3 Å². The molecule has 5 heteroatoms. The van der Waals surface area contributed by atoms with E-state index in [9.17, 15) is 0 Å². The molecule has 2 rings (SSSR count). The van der Waals surface area contributed by atoms with Crippen LogP contribution in [0.1, 0.15) is 18.2 Å². The second kappa shape index (κ2) is 2.75. The number of ether oxygens (including phenoxy) is 1. The van der Waals surface area contributed by atoms with Crippen LogP contribution < -0.4 is 0 Å². The van der Waals surface area contributed by atoms with Crippen LogP contribution in [0, 0.1) is 4.84 Å². The van der Waals surface area contributed by atoms with Crippen molar-refractivity contribution in [3.8, 4) is 0 Å². The SMILES string of the molecule is S=c1[nH]nc(C2CCOC2)o1. The number of aromatic amines is 1. The zero-order chi connectivity index (χ0) is 7.68. The minimum absolute atomic E-state index is 0.294. The van der Waals surface area contributed by atoms with E-state index in [4.69, 9.17) is 21.4 Å². The third kappa shape index (κ3) is 1.34. The number of nitrogens with one attached hydrogen (secondary N) is 1. The molecule has 1 N–H and O–H groups in total. The lowest BCUT2D eigenvalue weighted by atomic mass is 10.1. The molecule has 2 heterocycles. The molecule has 0 bridgehead atoms. The molecule has 0 radical (unpaired) electrons. The molecular weight excluding hydrogens is 164 g/mol. The van der Waals surface area contributed by atoms with Crippen LogP contribution in [0.25, 0.3) is 0 Å². The van der Waals surface area contributed by atoms with E-state index in [-0.39, 0.29) is 0 Å². The molecule has 0 aliphatic carbocycles. The van der Waals surface area contributed by atoms with Gasteiger partial charge in [-0.15, -0.1) is 5.10 Å². The Kier molecular flexibility index (Phi) is 1.75. The minimum Gasteiger partial charge on any atom is -0.414 e. The highest BCUT2D eigenvalue weighted by Gasteiger charge is 2.21. The topological polar surface area (TPSA) is 51.0 Å². The van der Waals surface area contributed by atoms with Gasteiger partial charge in [-0.3, -0.25) is 0 Å². The third-order valence-corrected chi connectivity index (χ3v) is 1.91. The van der Waals surface area contributed by atoms with Crippen LogP contribution in [-0.4, -0.2) is 23.4 Å². The van der Waals surface area contributed by atoms with Gasteiger partial charge in [0, 0.05) is 6.61 Å². The summed E-state index contributed by atoms with van der Waals surface area (Å²) in [6.45, 7) is 1.49. The minimum atomic E-state index is 0.294. The van der Waals surface area contributed by atoms with Crippen LogP contribution in [0.4, 0.5) is 0 Å². The van der Waals surface area contributed by atoms with E-state index in [1.807, 2.05) is 0 Å². The van der Waals surface area contributed by atoms with Gasteiger partial charge in [-0.2, -0.15) is 0 Å². The van der Waals surface area contributed by atoms with Gasteiger partial charge in [0.05, 0.1) is 12.5 Å². The van der Waals surface area contributed by atoms with E-state index in [1.165, 1.54) is 0 Å². The van der Waals surface area contributed by atoms with Gasteiger partial charge in [-0.05, 0) is 18.6 Å². The van der Waals surface area contributed by atoms with Crippen LogP contribution in [0.5, 0.6) is 0 Å². The number of rotatable bonds is 1. The molecule has 4 nitrogen and oxygen atoms in total. The van der Waals surface area contributed by atoms with Gasteiger partial charge in [0.25, 0.3) is 4.84 Å². The smallest absolute Gasteiger partial charge is 0.284 e. The first kappa shape index (κ1) is 7.00. The van der Waals surface area contributed by atoms with Crippen LogP contribution in [0.3, 0.4) is 0 Å². The maximum absolute atomic E-state index is 5.17. The largest absolute Gasteiger partial charge is 0.414 e. The first-order valence-electron chi connectivity index (χ1n) is 3.49. The fourth-order valence-electron chi connectivity index (χ4n) is 1.15. The first-order chi connectivity index (χ1) is 5.36. The molecule has 60 valence electrons. The van der Waals surface area contributed by atoms with Crippen molar-refractivity contribution in [3.05, 3.63) is 10.7 Å². The van der Waals surface area contributed by atoms with Gasteiger partial charge >= 0.3 is 0 Å². The Morgan fingerprint density at radius 3 is 3.09 bits per heavy atom. The maximum atomic E-state index is 5.17. The highest BCUT2D eigenvalue weighted by Crippen LogP contribution is 2.22. The Morgan fingerprint density at radius 2 is 2.55 bits per heavy atom. The average molecular weight is 172 g/mol. The third-order valence-electron chi connectivity index (χ3n) is 1.73. The van der Waals surface area contributed by atoms with Crippen LogP contribution >= 0.6 is 12.2 Å². The number of aromatic nitrogens is 2. The van der Waals surface area contributed by atoms with Crippen molar-refractivity contribution in [2.24, 2.45) is 0 Å². The lowest BCUT2D eigenvalue weighted by Gasteiger charge is -1.97. The van der Waals surface area contributed by atoms with Crippen molar-refractivity contribution in [1.82, 2.24) is 10.2 Å². The van der Waals surface area contributed by atoms with Crippen molar-refractivity contribution in [2.75, 3.05) is 13.2 Å². The second-order valence-electron chi connectivity index (χ2n) is 2.51. The highest BCUT2D eigenvalue weighted by molar-refractivity contribution is 7.71. The molecule has 1 saturated heterocycles. The molecule has 1 fully saturated rings. The molecule has 1 aromatic rings. The molecule has 0 saturated carbocycles. The summed E-state index contributed by atoms with van der Waals surface area (Å²) in [5.41, 5.74) is 0. The van der Waals surface area contributed by atoms with Gasteiger partial charge in [0.2, 0.25) is 5.89 Å². The van der Waals surface area contributed by atoms with Crippen LogP contribution in [0.15, 0.2) is 4.42 Å². The van der Waals surface area contributed by atoms with E-state index in [2.05, 4.69) is 10.2 Å². The van der Waals surface area contributed by atoms with E-state index in [1.54, 1.807) is 0 Å². The molecule has 1 unspecified atom stereocenters. The van der Waals surface area contributed by atoms with Gasteiger partial charge in [-0.1, -0.05) is 0 Å². The van der Waals surface area contributed by atoms with Crippen molar-refractivity contribution >= 4 is 12.2 Å². The molecule has 0 aromatic carbocycles. The summed E-state index contributed by atoms with van der Waals surface area (Å²) in [6, 6.07) is 0. The quantitative estimate of drug-likeness (QED) is 0.647. The van der Waals surface area contributed by atoms with Crippen LogP contribution in [0.2, 0.25) is 0 Å². The Labute approximate surface area is 68.6 Å². The number of hydrogen-bond donors (Lipinski definition) is 1. The zero-order valence-corrected chi connectivity index (χ0v) is 6.69. The summed E-state index contributed by atoms with van der Waals surface area (Å²) < 4.78 is 10.3. The highest BCUT2D eigenvalue weighted by atomic mass is 32.1. The maximum Gasteiger partial charge on any atom is 0.284 e. The van der Waals surface area contributed by atoms with Gasteiger partial charge < -0.3 is 9.15 Å². The number of H-pyrrole nitrogens is 1. The monoisotopic (exact) mass is 172 g/mol. The molecule has 11 heavy (non-hydrogen) atoms. The molecule has 0 spiro atoms. The summed E-state index contributed by atoms with van der Waals surface area (Å²) in [4.78, 5) is 0.340. The Bertz CT molecular complexity index is 287. The Morgan fingerprint density at radius 1 is 1.64 bits per heavy atom. The van der Waals surface area contributed by atoms with Gasteiger partial charge in [-0.25, -0.2) is 5.10 Å². The molecule has 0 amide bonds. The molecule has 1 aromatic heterocycles. The van der Waals surface area contributed by atoms with Crippen LogP contribution in [-0.2, 0) is 4.74 Å². The summed E-state index contributed by atoms with van der Waals surface area (Å²) in [6.07, 6.45) is 0.975. The average Bonchev–Trinajstić information content (AvgIpc) is 2.55. The van der Waals surface area contributed by atoms with Gasteiger partial charge in [0.1, 0.15) is 0 Å². The lowest BCUT2D eigenvalue weighted by molar-refractivity contribution is 0.190. The Hall–Kier alpha value is -0.680. The predicted octanol–water partition coefficient (Wildman–Crippen LogP) is 1.24. The van der Waals surface area contributed by atoms with Crippen molar-refractivity contribution < 1.29 is 9.15 Å². The normalized spacial score (nSPS) is 24.2. The standard InChI is InChI=1S/C6H8N2O2S/c11-6-8-7-5(10-6)4-1-2-9-3-4/h4H,1-3H2,(H,8,11). The molecular formula is C6H8N2O2S. The Balaban J connectivity index is 2.21. The van der Waals surface area contributed by atoms with E-state index < -0.39 is 0 Å². The molecule has 1 atom stereocenters. The second-order valence-corrected chi connectivity index (χ2v) is 2.88. The van der Waals surface area contributed by atoms with Crippen molar-refractivity contribution in [3.63, 3.8) is 0 Å². The number of hydrogen-bond acceptors (Lipinski definition) is 4.